The highest BCUT2D eigenvalue weighted by Gasteiger charge is 2.13. The Morgan fingerprint density at radius 2 is 1.94 bits per heavy atom. The van der Waals surface area contributed by atoms with Crippen LogP contribution in [0.4, 0.5) is 0 Å². The number of amides is 1. The Kier molecular flexibility index (Phi) is 5.61. The zero-order valence-corrected chi connectivity index (χ0v) is 9.45. The third-order valence-corrected chi connectivity index (χ3v) is 2.94. The molecule has 4 nitrogen and oxygen atoms in total. The van der Waals surface area contributed by atoms with E-state index in [0.29, 0.717) is 6.54 Å². The molecule has 2 N–H and O–H groups in total. The van der Waals surface area contributed by atoms with Crippen molar-refractivity contribution >= 4 is 11.9 Å². The molecule has 4 heteroatoms. The van der Waals surface area contributed by atoms with Gasteiger partial charge in [-0.2, -0.15) is 0 Å². The average Bonchev–Trinajstić information content (AvgIpc) is 2.74. The first-order valence-corrected chi connectivity index (χ1v) is 5.87. The second-order valence-electron chi connectivity index (χ2n) is 4.26. The number of aliphatic carboxylic acids is 1. The topological polar surface area (TPSA) is 66.4 Å². The molecule has 1 aliphatic rings. The van der Waals surface area contributed by atoms with Gasteiger partial charge in [0.15, 0.2) is 0 Å². The molecule has 1 amide bonds. The standard InChI is InChI=1S/C12H19NO3/c14-11(7-8-12(15)16)13-9-3-6-10-4-1-2-5-10/h7-8,10H,1-6,9H2,(H,13,14)(H,15,16)/b8-7+. The smallest absolute Gasteiger partial charge is 0.328 e. The van der Waals surface area contributed by atoms with E-state index in [-0.39, 0.29) is 5.91 Å². The molecule has 0 unspecified atom stereocenters. The van der Waals surface area contributed by atoms with E-state index in [0.717, 1.165) is 24.5 Å². The van der Waals surface area contributed by atoms with E-state index in [1.54, 1.807) is 0 Å². The van der Waals surface area contributed by atoms with Crippen molar-refractivity contribution in [2.24, 2.45) is 5.92 Å². The van der Waals surface area contributed by atoms with E-state index in [9.17, 15) is 9.59 Å². The van der Waals surface area contributed by atoms with Crippen LogP contribution in [0.1, 0.15) is 38.5 Å². The van der Waals surface area contributed by atoms with Crippen LogP contribution in [-0.2, 0) is 9.59 Å². The van der Waals surface area contributed by atoms with Crippen molar-refractivity contribution in [3.8, 4) is 0 Å². The minimum atomic E-state index is -1.10. The second-order valence-corrected chi connectivity index (χ2v) is 4.26. The Morgan fingerprint density at radius 1 is 1.25 bits per heavy atom. The molecule has 16 heavy (non-hydrogen) atoms. The predicted molar refractivity (Wildman–Crippen MR) is 61.0 cm³/mol. The molecular weight excluding hydrogens is 206 g/mol. The van der Waals surface area contributed by atoms with Crippen molar-refractivity contribution in [2.45, 2.75) is 38.5 Å². The summed E-state index contributed by atoms with van der Waals surface area (Å²) in [4.78, 5) is 21.2. The Hall–Kier alpha value is -1.32. The number of nitrogens with one attached hydrogen (secondary N) is 1. The largest absolute Gasteiger partial charge is 0.478 e. The van der Waals surface area contributed by atoms with Gasteiger partial charge in [-0.25, -0.2) is 4.79 Å². The van der Waals surface area contributed by atoms with Gasteiger partial charge in [-0.15, -0.1) is 0 Å². The Labute approximate surface area is 95.7 Å². The van der Waals surface area contributed by atoms with Gasteiger partial charge in [-0.05, 0) is 18.8 Å². The number of carboxylic acids is 1. The molecule has 0 aromatic carbocycles. The van der Waals surface area contributed by atoms with Crippen molar-refractivity contribution < 1.29 is 14.7 Å². The fourth-order valence-electron chi connectivity index (χ4n) is 2.11. The number of carbonyl (C=O) groups excluding carboxylic acids is 1. The second kappa shape index (κ2) is 7.04. The summed E-state index contributed by atoms with van der Waals surface area (Å²) in [7, 11) is 0. The highest BCUT2D eigenvalue weighted by atomic mass is 16.4. The van der Waals surface area contributed by atoms with Gasteiger partial charge in [-0.1, -0.05) is 25.7 Å². The summed E-state index contributed by atoms with van der Waals surface area (Å²) < 4.78 is 0. The van der Waals surface area contributed by atoms with Gasteiger partial charge in [0.05, 0.1) is 0 Å². The Bertz CT molecular complexity index is 267. The van der Waals surface area contributed by atoms with Gasteiger partial charge in [0.25, 0.3) is 0 Å². The van der Waals surface area contributed by atoms with Crippen LogP contribution in [0.15, 0.2) is 12.2 Å². The number of hydrogen-bond acceptors (Lipinski definition) is 2. The molecule has 1 saturated carbocycles. The third kappa shape index (κ3) is 5.53. The van der Waals surface area contributed by atoms with Crippen LogP contribution < -0.4 is 5.32 Å². The molecule has 90 valence electrons. The fraction of sp³-hybridized carbons (Fsp3) is 0.667. The Balaban J connectivity index is 2.01. The molecule has 0 aromatic heterocycles. The number of carboxylic acid groups (broad SMARTS) is 1. The first-order chi connectivity index (χ1) is 7.68. The van der Waals surface area contributed by atoms with Crippen molar-refractivity contribution in [3.05, 3.63) is 12.2 Å². The van der Waals surface area contributed by atoms with Crippen LogP contribution in [0.5, 0.6) is 0 Å². The SMILES string of the molecule is O=C(O)/C=C/C(=O)NCCCC1CCCC1. The summed E-state index contributed by atoms with van der Waals surface area (Å²) in [5.74, 6) is -0.582. The summed E-state index contributed by atoms with van der Waals surface area (Å²) in [6, 6.07) is 0. The molecule has 1 aliphatic carbocycles. The maximum Gasteiger partial charge on any atom is 0.328 e. The van der Waals surface area contributed by atoms with Crippen molar-refractivity contribution in [1.82, 2.24) is 5.32 Å². The van der Waals surface area contributed by atoms with E-state index >= 15 is 0 Å². The average molecular weight is 225 g/mol. The van der Waals surface area contributed by atoms with Gasteiger partial charge in [-0.3, -0.25) is 4.79 Å². The first-order valence-electron chi connectivity index (χ1n) is 5.87. The minimum absolute atomic E-state index is 0.325. The van der Waals surface area contributed by atoms with E-state index < -0.39 is 5.97 Å². The molecule has 0 atom stereocenters. The zero-order chi connectivity index (χ0) is 11.8. The lowest BCUT2D eigenvalue weighted by Crippen LogP contribution is -2.22. The van der Waals surface area contributed by atoms with E-state index in [2.05, 4.69) is 5.32 Å². The highest BCUT2D eigenvalue weighted by molar-refractivity contribution is 5.93. The molecular formula is C12H19NO3. The molecule has 0 bridgehead atoms. The summed E-state index contributed by atoms with van der Waals surface area (Å²) in [5, 5.41) is 11.0. The predicted octanol–water partition coefficient (Wildman–Crippen LogP) is 1.71. The van der Waals surface area contributed by atoms with Gasteiger partial charge in [0.2, 0.25) is 5.91 Å². The van der Waals surface area contributed by atoms with Gasteiger partial charge in [0, 0.05) is 18.7 Å². The fourth-order valence-corrected chi connectivity index (χ4v) is 2.11. The van der Waals surface area contributed by atoms with Crippen molar-refractivity contribution in [3.63, 3.8) is 0 Å². The molecule has 0 spiro atoms. The quantitative estimate of drug-likeness (QED) is 0.534. The maximum atomic E-state index is 11.1. The van der Waals surface area contributed by atoms with Gasteiger partial charge in [0.1, 0.15) is 0 Å². The number of rotatable bonds is 6. The number of hydrogen-bond donors (Lipinski definition) is 2. The third-order valence-electron chi connectivity index (χ3n) is 2.94. The van der Waals surface area contributed by atoms with Gasteiger partial charge < -0.3 is 10.4 Å². The Morgan fingerprint density at radius 3 is 2.56 bits per heavy atom. The molecule has 0 radical (unpaired) electrons. The highest BCUT2D eigenvalue weighted by Crippen LogP contribution is 2.28. The van der Waals surface area contributed by atoms with E-state index in [1.165, 1.54) is 32.1 Å². The summed E-state index contributed by atoms with van der Waals surface area (Å²) in [5.41, 5.74) is 0. The van der Waals surface area contributed by atoms with Gasteiger partial charge >= 0.3 is 5.97 Å². The minimum Gasteiger partial charge on any atom is -0.478 e. The van der Waals surface area contributed by atoms with Crippen LogP contribution in [-0.4, -0.2) is 23.5 Å². The summed E-state index contributed by atoms with van der Waals surface area (Å²) in [6.45, 7) is 0.638. The lowest BCUT2D eigenvalue weighted by atomic mass is 10.0. The molecule has 1 fully saturated rings. The zero-order valence-electron chi connectivity index (χ0n) is 9.45. The molecule has 1 rings (SSSR count). The van der Waals surface area contributed by atoms with Crippen LogP contribution in [0, 0.1) is 5.92 Å². The lowest BCUT2D eigenvalue weighted by Gasteiger charge is -2.08. The summed E-state index contributed by atoms with van der Waals surface area (Å²) in [6.07, 6.45) is 9.40. The molecule has 0 saturated heterocycles. The number of carbonyl (C=O) groups is 2. The maximum absolute atomic E-state index is 11.1. The molecule has 0 aromatic rings. The lowest BCUT2D eigenvalue weighted by molar-refractivity contribution is -0.131. The van der Waals surface area contributed by atoms with E-state index in [4.69, 9.17) is 5.11 Å². The molecule has 0 aliphatic heterocycles. The summed E-state index contributed by atoms with van der Waals surface area (Å²) >= 11 is 0. The van der Waals surface area contributed by atoms with E-state index in [1.807, 2.05) is 0 Å². The molecule has 0 heterocycles. The van der Waals surface area contributed by atoms with Crippen LogP contribution in [0.25, 0.3) is 0 Å². The monoisotopic (exact) mass is 225 g/mol. The van der Waals surface area contributed by atoms with Crippen LogP contribution >= 0.6 is 0 Å². The van der Waals surface area contributed by atoms with Crippen molar-refractivity contribution in [2.75, 3.05) is 6.54 Å². The first kappa shape index (κ1) is 12.7. The van der Waals surface area contributed by atoms with Crippen molar-refractivity contribution in [1.29, 1.82) is 0 Å². The van der Waals surface area contributed by atoms with Crippen LogP contribution in [0.2, 0.25) is 0 Å². The normalized spacial score (nSPS) is 16.8. The van der Waals surface area contributed by atoms with Crippen LogP contribution in [0.3, 0.4) is 0 Å².